The van der Waals surface area contributed by atoms with Gasteiger partial charge in [0, 0.05) is 37.9 Å². The first-order valence-corrected chi connectivity index (χ1v) is 11.4. The maximum Gasteiger partial charge on any atom is 0.251 e. The zero-order valence-corrected chi connectivity index (χ0v) is 19.4. The molecule has 174 valence electrons. The molecule has 1 atom stereocenters. The first-order valence-electron chi connectivity index (χ1n) is 11.4. The van der Waals surface area contributed by atoms with Gasteiger partial charge in [0.05, 0.1) is 16.7 Å². The molecule has 3 aromatic rings. The third-order valence-corrected chi connectivity index (χ3v) is 6.22. The number of rotatable bonds is 8. The molecule has 1 saturated heterocycles. The summed E-state index contributed by atoms with van der Waals surface area (Å²) in [6.07, 6.45) is 2.25. The Morgan fingerprint density at radius 2 is 2.00 bits per heavy atom. The van der Waals surface area contributed by atoms with Gasteiger partial charge in [0.1, 0.15) is 12.4 Å². The number of methoxy groups -OCH3 is 1. The maximum atomic E-state index is 13.1. The number of ether oxygens (including phenoxy) is 1. The maximum absolute atomic E-state index is 13.1. The van der Waals surface area contributed by atoms with E-state index in [4.69, 9.17) is 9.72 Å². The van der Waals surface area contributed by atoms with E-state index >= 15 is 0 Å². The number of aryl methyl sites for hydroxylation is 1. The number of aromatic nitrogens is 2. The number of imidazole rings is 1. The molecule has 4 rings (SSSR count). The van der Waals surface area contributed by atoms with Crippen molar-refractivity contribution >= 4 is 28.5 Å². The summed E-state index contributed by atoms with van der Waals surface area (Å²) in [7, 11) is 3.38. The van der Waals surface area contributed by atoms with E-state index < -0.39 is 0 Å². The Morgan fingerprint density at radius 1 is 1.21 bits per heavy atom. The number of nitrogens with zero attached hydrogens (tertiary/aromatic N) is 3. The highest BCUT2D eigenvalue weighted by Gasteiger charge is 2.24. The first-order chi connectivity index (χ1) is 16.0. The molecule has 1 unspecified atom stereocenters. The summed E-state index contributed by atoms with van der Waals surface area (Å²) in [5.41, 5.74) is 3.36. The molecule has 2 heterocycles. The van der Waals surface area contributed by atoms with Gasteiger partial charge in [-0.05, 0) is 38.1 Å². The zero-order chi connectivity index (χ0) is 23.4. The fraction of sp³-hybridized carbons (Fsp3) is 0.400. The smallest absolute Gasteiger partial charge is 0.251 e. The van der Waals surface area contributed by atoms with Crippen molar-refractivity contribution in [1.29, 1.82) is 0 Å². The minimum absolute atomic E-state index is 0.0736. The topological polar surface area (TPSA) is 88.5 Å². The van der Waals surface area contributed by atoms with E-state index in [1.54, 1.807) is 12.1 Å². The van der Waals surface area contributed by atoms with Gasteiger partial charge in [0.25, 0.3) is 5.91 Å². The third kappa shape index (κ3) is 4.91. The Labute approximate surface area is 193 Å². The minimum Gasteiger partial charge on any atom is -0.375 e. The molecular formula is C25H31N5O3. The summed E-state index contributed by atoms with van der Waals surface area (Å²) in [5, 5.41) is 5.96. The third-order valence-electron chi connectivity index (χ3n) is 6.22. The van der Waals surface area contributed by atoms with Crippen LogP contribution in [0.25, 0.3) is 22.4 Å². The van der Waals surface area contributed by atoms with E-state index in [-0.39, 0.29) is 18.4 Å². The monoisotopic (exact) mass is 449 g/mol. The van der Waals surface area contributed by atoms with Gasteiger partial charge in [0.15, 0.2) is 0 Å². The predicted molar refractivity (Wildman–Crippen MR) is 129 cm³/mol. The molecule has 1 fully saturated rings. The Bertz CT molecular complexity index is 1140. The molecule has 0 radical (unpaired) electrons. The molecule has 0 bridgehead atoms. The number of carbonyl (C=O) groups excluding carboxylic acids is 2. The van der Waals surface area contributed by atoms with Crippen molar-refractivity contribution in [3.05, 3.63) is 48.0 Å². The van der Waals surface area contributed by atoms with Crippen LogP contribution in [0.3, 0.4) is 0 Å². The Hall–Kier alpha value is -3.23. The van der Waals surface area contributed by atoms with Gasteiger partial charge in [-0.15, -0.1) is 0 Å². The fourth-order valence-electron chi connectivity index (χ4n) is 4.60. The highest BCUT2D eigenvalue weighted by atomic mass is 16.5. The van der Waals surface area contributed by atoms with Crippen molar-refractivity contribution in [1.82, 2.24) is 19.8 Å². The molecule has 1 aliphatic rings. The average Bonchev–Trinajstić information content (AvgIpc) is 3.42. The lowest BCUT2D eigenvalue weighted by atomic mass is 10.1. The van der Waals surface area contributed by atoms with Gasteiger partial charge in [-0.25, -0.2) is 4.98 Å². The van der Waals surface area contributed by atoms with Gasteiger partial charge >= 0.3 is 0 Å². The number of likely N-dealkylation sites (tertiary alicyclic amines) is 1. The van der Waals surface area contributed by atoms with Gasteiger partial charge in [-0.1, -0.05) is 37.3 Å². The van der Waals surface area contributed by atoms with Crippen molar-refractivity contribution in [2.45, 2.75) is 25.8 Å². The predicted octanol–water partition coefficient (Wildman–Crippen LogP) is 3.04. The summed E-state index contributed by atoms with van der Waals surface area (Å²) in [6.45, 7) is 4.74. The molecule has 0 aliphatic carbocycles. The number of hydrogen-bond donors (Lipinski definition) is 2. The zero-order valence-electron chi connectivity index (χ0n) is 19.4. The first kappa shape index (κ1) is 22.9. The molecule has 2 amide bonds. The normalized spacial score (nSPS) is 16.3. The van der Waals surface area contributed by atoms with E-state index in [9.17, 15) is 9.59 Å². The van der Waals surface area contributed by atoms with Crippen LogP contribution < -0.4 is 10.6 Å². The van der Waals surface area contributed by atoms with Gasteiger partial charge in [-0.3, -0.25) is 14.5 Å². The van der Waals surface area contributed by atoms with Crippen LogP contribution in [0.1, 0.15) is 30.1 Å². The van der Waals surface area contributed by atoms with E-state index in [0.717, 1.165) is 42.8 Å². The SMILES string of the molecule is CCN1CCCC1CNC(=O)c1cc(NC(=O)COC)c2c(c1)nc(-c1ccccc1)n2C. The largest absolute Gasteiger partial charge is 0.375 e. The van der Waals surface area contributed by atoms with Crippen LogP contribution in [0.4, 0.5) is 5.69 Å². The second kappa shape index (κ2) is 10.1. The van der Waals surface area contributed by atoms with Crippen LogP contribution in [-0.2, 0) is 16.6 Å². The summed E-state index contributed by atoms with van der Waals surface area (Å²) >= 11 is 0. The van der Waals surface area contributed by atoms with E-state index in [1.807, 2.05) is 41.9 Å². The highest BCUT2D eigenvalue weighted by molar-refractivity contribution is 6.06. The number of hydrogen-bond acceptors (Lipinski definition) is 5. The second-order valence-corrected chi connectivity index (χ2v) is 8.37. The van der Waals surface area contributed by atoms with Crippen molar-refractivity contribution in [2.75, 3.05) is 38.7 Å². The standard InChI is InChI=1S/C25H31N5O3/c1-4-30-12-8-11-19(30)15-26-25(32)18-13-20(27-22(31)16-33-3)23-21(14-18)28-24(29(23)2)17-9-6-5-7-10-17/h5-7,9-10,13-14,19H,4,8,11-12,15-16H2,1-3H3,(H,26,32)(H,27,31). The van der Waals surface area contributed by atoms with E-state index in [2.05, 4.69) is 22.5 Å². The van der Waals surface area contributed by atoms with Crippen molar-refractivity contribution < 1.29 is 14.3 Å². The number of carbonyl (C=O) groups is 2. The summed E-state index contributed by atoms with van der Waals surface area (Å²) in [5.74, 6) is 0.298. The average molecular weight is 450 g/mol. The van der Waals surface area contributed by atoms with Crippen molar-refractivity contribution in [2.24, 2.45) is 7.05 Å². The second-order valence-electron chi connectivity index (χ2n) is 8.37. The quantitative estimate of drug-likeness (QED) is 0.552. The molecule has 33 heavy (non-hydrogen) atoms. The number of likely N-dealkylation sites (N-methyl/N-ethyl adjacent to an activating group) is 1. The number of anilines is 1. The molecule has 2 N–H and O–H groups in total. The summed E-state index contributed by atoms with van der Waals surface area (Å²) in [6, 6.07) is 13.7. The van der Waals surface area contributed by atoms with E-state index in [1.165, 1.54) is 7.11 Å². The van der Waals surface area contributed by atoms with Crippen molar-refractivity contribution in [3.8, 4) is 11.4 Å². The Balaban J connectivity index is 1.68. The molecule has 0 saturated carbocycles. The lowest BCUT2D eigenvalue weighted by Crippen LogP contribution is -2.40. The number of amides is 2. The van der Waals surface area contributed by atoms with Crippen LogP contribution in [0.15, 0.2) is 42.5 Å². The Kier molecular flexibility index (Phi) is 7.05. The van der Waals surface area contributed by atoms with Crippen LogP contribution >= 0.6 is 0 Å². The van der Waals surface area contributed by atoms with Crippen LogP contribution in [0.5, 0.6) is 0 Å². The fourth-order valence-corrected chi connectivity index (χ4v) is 4.60. The minimum atomic E-state index is -0.289. The lowest BCUT2D eigenvalue weighted by Gasteiger charge is -2.23. The van der Waals surface area contributed by atoms with Crippen LogP contribution in [0.2, 0.25) is 0 Å². The number of benzene rings is 2. The molecule has 1 aliphatic heterocycles. The molecule has 8 heteroatoms. The molecule has 1 aromatic heterocycles. The number of fused-ring (bicyclic) bond motifs is 1. The molecular weight excluding hydrogens is 418 g/mol. The lowest BCUT2D eigenvalue weighted by molar-refractivity contribution is -0.119. The van der Waals surface area contributed by atoms with Gasteiger partial charge < -0.3 is 19.9 Å². The Morgan fingerprint density at radius 3 is 2.73 bits per heavy atom. The molecule has 0 spiro atoms. The van der Waals surface area contributed by atoms with Gasteiger partial charge in [0.2, 0.25) is 5.91 Å². The summed E-state index contributed by atoms with van der Waals surface area (Å²) in [4.78, 5) is 32.6. The summed E-state index contributed by atoms with van der Waals surface area (Å²) < 4.78 is 6.91. The molecule has 8 nitrogen and oxygen atoms in total. The number of nitrogens with one attached hydrogen (secondary N) is 2. The highest BCUT2D eigenvalue weighted by Crippen LogP contribution is 2.30. The molecule has 2 aromatic carbocycles. The van der Waals surface area contributed by atoms with Crippen LogP contribution in [-0.4, -0.2) is 65.7 Å². The van der Waals surface area contributed by atoms with E-state index in [0.29, 0.717) is 29.4 Å². The van der Waals surface area contributed by atoms with Gasteiger partial charge in [-0.2, -0.15) is 0 Å². The van der Waals surface area contributed by atoms with Crippen LogP contribution in [0, 0.1) is 0 Å². The van der Waals surface area contributed by atoms with Crippen molar-refractivity contribution in [3.63, 3.8) is 0 Å².